The van der Waals surface area contributed by atoms with Crippen LogP contribution in [-0.4, -0.2) is 17.0 Å². The largest absolute Gasteiger partial charge is 0.481 e. The first-order valence-corrected chi connectivity index (χ1v) is 3.32. The molecule has 0 fully saturated rings. The van der Waals surface area contributed by atoms with Crippen LogP contribution in [0.15, 0.2) is 25.3 Å². The zero-order chi connectivity index (χ0) is 11.9. The highest BCUT2D eigenvalue weighted by Gasteiger charge is 1.65. The van der Waals surface area contributed by atoms with Crippen LogP contribution in [0.4, 0.5) is 0 Å². The van der Waals surface area contributed by atoms with Crippen molar-refractivity contribution >= 4 is 23.5 Å². The van der Waals surface area contributed by atoms with Crippen LogP contribution in [-0.2, 0) is 4.79 Å². The highest BCUT2D eigenvalue weighted by Crippen LogP contribution is 1.60. The van der Waals surface area contributed by atoms with E-state index in [0.29, 0.717) is 0 Å². The number of rotatable bonds is 0. The predicted molar refractivity (Wildman–Crippen MR) is 56.7 cm³/mol. The molecule has 0 aliphatic rings. The Morgan fingerprint density at radius 1 is 1.54 bits per heavy atom. The Kier molecular flexibility index (Phi) is 54.3. The number of aliphatic carboxylic acids is 1. The fourth-order valence-corrected chi connectivity index (χ4v) is 0. The van der Waals surface area contributed by atoms with Crippen molar-refractivity contribution in [1.29, 1.82) is 5.41 Å². The second-order valence-corrected chi connectivity index (χ2v) is 1.44. The maximum Gasteiger partial charge on any atom is 0.300 e. The number of halogens is 1. The van der Waals surface area contributed by atoms with E-state index < -0.39 is 5.97 Å². The lowest BCUT2D eigenvalue weighted by Gasteiger charge is -1.69. The van der Waals surface area contributed by atoms with Gasteiger partial charge in [-0.05, 0) is 5.54 Å². The van der Waals surface area contributed by atoms with Gasteiger partial charge >= 0.3 is 0 Å². The quantitative estimate of drug-likeness (QED) is 0.272. The van der Waals surface area contributed by atoms with E-state index in [1.165, 1.54) is 5.54 Å². The fraction of sp³-hybridized carbons (Fsp3) is 0.143. The van der Waals surface area contributed by atoms with E-state index >= 15 is 0 Å². The summed E-state index contributed by atoms with van der Waals surface area (Å²) in [6.45, 7) is 10.2. The highest BCUT2D eigenvalue weighted by molar-refractivity contribution is 6.25. The van der Waals surface area contributed by atoms with Crippen molar-refractivity contribution in [2.45, 2.75) is 6.92 Å². The molecule has 5 nitrogen and oxygen atoms in total. The van der Waals surface area contributed by atoms with Crippen LogP contribution in [0.5, 0.6) is 0 Å². The van der Waals surface area contributed by atoms with E-state index in [4.69, 9.17) is 26.9 Å². The van der Waals surface area contributed by atoms with Crippen molar-refractivity contribution in [3.63, 3.8) is 0 Å². The Hall–Kier alpha value is -1.49. The van der Waals surface area contributed by atoms with Gasteiger partial charge in [0.1, 0.15) is 0 Å². The van der Waals surface area contributed by atoms with Gasteiger partial charge in [-0.2, -0.15) is 0 Å². The first-order chi connectivity index (χ1) is 5.88. The van der Waals surface area contributed by atoms with Gasteiger partial charge in [0.15, 0.2) is 5.96 Å². The predicted octanol–water partition coefficient (Wildman–Crippen LogP) is 1.10. The van der Waals surface area contributed by atoms with Gasteiger partial charge in [-0.25, -0.2) is 0 Å². The molecule has 78 valence electrons. The zero-order valence-electron chi connectivity index (χ0n) is 7.59. The molecule has 0 unspecified atom stereocenters. The maximum atomic E-state index is 9.00. The Labute approximate surface area is 83.2 Å². The van der Waals surface area contributed by atoms with Crippen LogP contribution in [0, 0.1) is 5.41 Å². The molecule has 13 heavy (non-hydrogen) atoms. The molecule has 0 bridgehead atoms. The molecule has 0 atom stereocenters. The fourth-order valence-electron chi connectivity index (χ4n) is 0. The number of carboxylic acid groups (broad SMARTS) is 1. The topological polar surface area (TPSA) is 113 Å². The number of nitrogens with one attached hydrogen (secondary N) is 1. The van der Waals surface area contributed by atoms with E-state index in [1.54, 1.807) is 0 Å². The Balaban J connectivity index is -0.0000000431. The minimum absolute atomic E-state index is 0.333. The number of hydrogen-bond acceptors (Lipinski definition) is 2. The molecule has 6 heteroatoms. The molecule has 0 aromatic heterocycles. The van der Waals surface area contributed by atoms with Crippen LogP contribution in [0.25, 0.3) is 0 Å². The molecule has 0 saturated heterocycles. The molecule has 0 rings (SSSR count). The molecule has 0 aliphatic carbocycles. The summed E-state index contributed by atoms with van der Waals surface area (Å²) in [5.74, 6) is -1.17. The second-order valence-electron chi connectivity index (χ2n) is 1.13. The molecule has 0 saturated carbocycles. The van der Waals surface area contributed by atoms with Crippen molar-refractivity contribution in [2.24, 2.45) is 11.5 Å². The van der Waals surface area contributed by atoms with Gasteiger partial charge in [-0.3, -0.25) is 10.2 Å². The number of hydrogen-bond donors (Lipinski definition) is 4. The SMILES string of the molecule is C=C.C=CCl.CC(=O)O.N=C(N)N. The Bertz CT molecular complexity index is 120. The molecule has 0 heterocycles. The van der Waals surface area contributed by atoms with Crippen LogP contribution in [0.2, 0.25) is 0 Å². The molecule has 0 aromatic carbocycles. The lowest BCUT2D eigenvalue weighted by atomic mass is 10.9. The number of guanidine groups is 1. The third kappa shape index (κ3) is 343. The van der Waals surface area contributed by atoms with Gasteiger partial charge in [-0.15, -0.1) is 13.2 Å². The lowest BCUT2D eigenvalue weighted by Crippen LogP contribution is -2.20. The molecular formula is C7H16ClN3O2. The third-order valence-corrected chi connectivity index (χ3v) is 0. The number of carboxylic acids is 1. The molecule has 0 spiro atoms. The average Bonchev–Trinajstić information content (AvgIpc) is 1.89. The summed E-state index contributed by atoms with van der Waals surface area (Å²) in [7, 11) is 0. The number of carbonyl (C=O) groups is 1. The molecular weight excluding hydrogens is 194 g/mol. The van der Waals surface area contributed by atoms with Gasteiger partial charge in [-0.1, -0.05) is 18.2 Å². The van der Waals surface area contributed by atoms with E-state index in [2.05, 4.69) is 31.2 Å². The lowest BCUT2D eigenvalue weighted by molar-refractivity contribution is -0.134. The summed E-state index contributed by atoms with van der Waals surface area (Å²) in [5.41, 5.74) is 10.2. The first kappa shape index (κ1) is 22.5. The van der Waals surface area contributed by atoms with Gasteiger partial charge < -0.3 is 16.6 Å². The monoisotopic (exact) mass is 209 g/mol. The standard InChI is InChI=1S/C2H3Cl.C2H4O2.C2H4.CH5N3/c1-2-3;1-2(3)4;1-2;2-1(3)4/h2H,1H2;1H3,(H,3,4);1-2H2;(H5,2,3,4). The van der Waals surface area contributed by atoms with E-state index in [9.17, 15) is 0 Å². The average molecular weight is 210 g/mol. The van der Waals surface area contributed by atoms with Crippen molar-refractivity contribution in [3.8, 4) is 0 Å². The van der Waals surface area contributed by atoms with Crippen LogP contribution in [0.1, 0.15) is 6.92 Å². The molecule has 0 amide bonds. The minimum atomic E-state index is -0.833. The minimum Gasteiger partial charge on any atom is -0.481 e. The smallest absolute Gasteiger partial charge is 0.300 e. The molecule has 0 aliphatic heterocycles. The van der Waals surface area contributed by atoms with Crippen LogP contribution < -0.4 is 11.5 Å². The van der Waals surface area contributed by atoms with E-state index in [1.807, 2.05) is 0 Å². The van der Waals surface area contributed by atoms with Gasteiger partial charge in [0.25, 0.3) is 5.97 Å². The molecule has 0 aromatic rings. The summed E-state index contributed by atoms with van der Waals surface area (Å²) < 4.78 is 0. The third-order valence-electron chi connectivity index (χ3n) is 0. The Morgan fingerprint density at radius 2 is 1.54 bits per heavy atom. The van der Waals surface area contributed by atoms with Crippen molar-refractivity contribution in [2.75, 3.05) is 0 Å². The van der Waals surface area contributed by atoms with Gasteiger partial charge in [0.05, 0.1) is 0 Å². The molecule has 0 radical (unpaired) electrons. The highest BCUT2D eigenvalue weighted by atomic mass is 35.5. The summed E-state index contributed by atoms with van der Waals surface area (Å²) in [5, 5.41) is 13.5. The van der Waals surface area contributed by atoms with Crippen molar-refractivity contribution < 1.29 is 9.90 Å². The van der Waals surface area contributed by atoms with Crippen LogP contribution >= 0.6 is 11.6 Å². The van der Waals surface area contributed by atoms with E-state index in [0.717, 1.165) is 6.92 Å². The summed E-state index contributed by atoms with van der Waals surface area (Å²) in [6.07, 6.45) is 0. The van der Waals surface area contributed by atoms with Gasteiger partial charge in [0, 0.05) is 6.92 Å². The van der Waals surface area contributed by atoms with Crippen molar-refractivity contribution in [3.05, 3.63) is 25.3 Å². The summed E-state index contributed by atoms with van der Waals surface area (Å²) >= 11 is 4.76. The molecule has 6 N–H and O–H groups in total. The summed E-state index contributed by atoms with van der Waals surface area (Å²) in [4.78, 5) is 9.00. The normalized spacial score (nSPS) is 5.08. The van der Waals surface area contributed by atoms with E-state index in [-0.39, 0.29) is 5.96 Å². The van der Waals surface area contributed by atoms with Crippen LogP contribution in [0.3, 0.4) is 0 Å². The second kappa shape index (κ2) is 31.3. The summed E-state index contributed by atoms with van der Waals surface area (Å²) in [6, 6.07) is 0. The van der Waals surface area contributed by atoms with Gasteiger partial charge in [0.2, 0.25) is 0 Å². The Morgan fingerprint density at radius 3 is 1.54 bits per heavy atom. The van der Waals surface area contributed by atoms with Crippen molar-refractivity contribution in [1.82, 2.24) is 0 Å². The maximum absolute atomic E-state index is 9.00. The first-order valence-electron chi connectivity index (χ1n) is 2.88. The zero-order valence-corrected chi connectivity index (χ0v) is 8.34. The number of nitrogens with two attached hydrogens (primary N) is 2.